The highest BCUT2D eigenvalue weighted by Crippen LogP contribution is 2.30. The van der Waals surface area contributed by atoms with E-state index in [1.807, 2.05) is 0 Å². The standard InChI is InChI=1S/C22H27N3O2S/c23-13-19-14-28-15-25(19)22(27)20-6-3-11-24(20)21(26)10-8-16-7-9-17-4-1-2-5-18(17)12-16/h1-2,4-5,16,19-20H,3,6-12,14-15H2/t16-,19+,20-/m0/s1. The van der Waals surface area contributed by atoms with Crippen molar-refractivity contribution >= 4 is 23.6 Å². The molecule has 5 nitrogen and oxygen atoms in total. The summed E-state index contributed by atoms with van der Waals surface area (Å²) in [7, 11) is 0. The van der Waals surface area contributed by atoms with Crippen LogP contribution in [-0.4, -0.2) is 51.9 Å². The molecule has 0 radical (unpaired) electrons. The molecule has 0 bridgehead atoms. The average Bonchev–Trinajstić information content (AvgIpc) is 3.40. The molecule has 4 rings (SSSR count). The summed E-state index contributed by atoms with van der Waals surface area (Å²) in [6.07, 6.45) is 6.31. The van der Waals surface area contributed by atoms with Crippen LogP contribution in [0.25, 0.3) is 0 Å². The van der Waals surface area contributed by atoms with E-state index in [0.717, 1.165) is 38.5 Å². The van der Waals surface area contributed by atoms with Gasteiger partial charge >= 0.3 is 0 Å². The predicted molar refractivity (Wildman–Crippen MR) is 109 cm³/mol. The Balaban J connectivity index is 1.33. The summed E-state index contributed by atoms with van der Waals surface area (Å²) in [6, 6.07) is 10.1. The second kappa shape index (κ2) is 8.57. The number of nitrogens with zero attached hydrogens (tertiary/aromatic N) is 3. The van der Waals surface area contributed by atoms with Crippen LogP contribution < -0.4 is 0 Å². The molecule has 2 saturated heterocycles. The molecule has 2 aliphatic heterocycles. The number of amides is 2. The zero-order chi connectivity index (χ0) is 19.5. The fourth-order valence-electron chi connectivity index (χ4n) is 4.77. The molecule has 0 spiro atoms. The van der Waals surface area contributed by atoms with E-state index in [1.165, 1.54) is 11.1 Å². The highest BCUT2D eigenvalue weighted by Gasteiger charge is 2.40. The van der Waals surface area contributed by atoms with Gasteiger partial charge in [0, 0.05) is 18.7 Å². The van der Waals surface area contributed by atoms with Crippen LogP contribution in [0.3, 0.4) is 0 Å². The van der Waals surface area contributed by atoms with Crippen LogP contribution in [0.15, 0.2) is 24.3 Å². The Morgan fingerprint density at radius 2 is 2.00 bits per heavy atom. The molecule has 2 heterocycles. The predicted octanol–water partition coefficient (Wildman–Crippen LogP) is 2.99. The monoisotopic (exact) mass is 397 g/mol. The minimum absolute atomic E-state index is 0.0333. The first-order valence-electron chi connectivity index (χ1n) is 10.3. The number of nitriles is 1. The quantitative estimate of drug-likeness (QED) is 0.783. The molecule has 1 aliphatic carbocycles. The Hall–Kier alpha value is -2.00. The molecule has 2 amide bonds. The number of hydrogen-bond donors (Lipinski definition) is 0. The SMILES string of the molecule is N#C[C@@H]1CSCN1C(=O)[C@@H]1CCCN1C(=O)CC[C@@H]1CCc2ccccc2C1. The molecule has 0 unspecified atom stereocenters. The van der Waals surface area contributed by atoms with Gasteiger partial charge in [-0.05, 0) is 55.6 Å². The van der Waals surface area contributed by atoms with Crippen LogP contribution in [0.4, 0.5) is 0 Å². The van der Waals surface area contributed by atoms with Crippen molar-refractivity contribution in [2.45, 2.75) is 57.0 Å². The van der Waals surface area contributed by atoms with Gasteiger partial charge in [0.1, 0.15) is 12.1 Å². The molecule has 28 heavy (non-hydrogen) atoms. The van der Waals surface area contributed by atoms with Crippen molar-refractivity contribution in [1.82, 2.24) is 9.80 Å². The number of benzene rings is 1. The summed E-state index contributed by atoms with van der Waals surface area (Å²) in [5, 5.41) is 9.26. The molecule has 6 heteroatoms. The number of carbonyl (C=O) groups is 2. The van der Waals surface area contributed by atoms with Crippen LogP contribution in [0, 0.1) is 17.2 Å². The topological polar surface area (TPSA) is 64.4 Å². The number of fused-ring (bicyclic) bond motifs is 1. The van der Waals surface area contributed by atoms with E-state index < -0.39 is 0 Å². The lowest BCUT2D eigenvalue weighted by atomic mass is 9.81. The molecule has 1 aromatic carbocycles. The highest BCUT2D eigenvalue weighted by molar-refractivity contribution is 7.99. The molecule has 0 N–H and O–H groups in total. The molecular weight excluding hydrogens is 370 g/mol. The van der Waals surface area contributed by atoms with Crippen LogP contribution >= 0.6 is 11.8 Å². The van der Waals surface area contributed by atoms with Crippen LogP contribution in [0.1, 0.15) is 43.2 Å². The lowest BCUT2D eigenvalue weighted by Gasteiger charge is -2.30. The van der Waals surface area contributed by atoms with Crippen molar-refractivity contribution in [3.05, 3.63) is 35.4 Å². The maximum absolute atomic E-state index is 12.9. The first-order chi connectivity index (χ1) is 13.7. The van der Waals surface area contributed by atoms with Gasteiger partial charge in [0.25, 0.3) is 0 Å². The Morgan fingerprint density at radius 3 is 2.82 bits per heavy atom. The van der Waals surface area contributed by atoms with Gasteiger partial charge in [-0.25, -0.2) is 0 Å². The summed E-state index contributed by atoms with van der Waals surface area (Å²) in [4.78, 5) is 29.3. The maximum atomic E-state index is 12.9. The summed E-state index contributed by atoms with van der Waals surface area (Å²) in [6.45, 7) is 0.668. The van der Waals surface area contributed by atoms with Gasteiger partial charge in [0.05, 0.1) is 11.9 Å². The van der Waals surface area contributed by atoms with Crippen molar-refractivity contribution in [1.29, 1.82) is 5.26 Å². The third-order valence-corrected chi connectivity index (χ3v) is 7.40. The minimum atomic E-state index is -0.367. The van der Waals surface area contributed by atoms with Gasteiger partial charge < -0.3 is 9.80 Å². The van der Waals surface area contributed by atoms with E-state index >= 15 is 0 Å². The second-order valence-corrected chi connectivity index (χ2v) is 9.11. The number of rotatable bonds is 4. The van der Waals surface area contributed by atoms with E-state index in [9.17, 15) is 14.9 Å². The van der Waals surface area contributed by atoms with Crippen molar-refractivity contribution in [3.8, 4) is 6.07 Å². The van der Waals surface area contributed by atoms with Crippen molar-refractivity contribution in [2.75, 3.05) is 18.2 Å². The Morgan fingerprint density at radius 1 is 1.18 bits per heavy atom. The summed E-state index contributed by atoms with van der Waals surface area (Å²) in [5.41, 5.74) is 2.88. The lowest BCUT2D eigenvalue weighted by Crippen LogP contribution is -2.49. The Kier molecular flexibility index (Phi) is 5.91. The fraction of sp³-hybridized carbons (Fsp3) is 0.591. The molecule has 3 aliphatic rings. The second-order valence-electron chi connectivity index (χ2n) is 8.11. The first-order valence-corrected chi connectivity index (χ1v) is 11.5. The van der Waals surface area contributed by atoms with E-state index in [0.29, 0.717) is 30.5 Å². The van der Waals surface area contributed by atoms with Gasteiger partial charge in [0.15, 0.2) is 0 Å². The van der Waals surface area contributed by atoms with Crippen LogP contribution in [-0.2, 0) is 22.4 Å². The molecule has 1 aromatic rings. The molecular formula is C22H27N3O2S. The molecule has 2 fully saturated rings. The van der Waals surface area contributed by atoms with Crippen molar-refractivity contribution in [3.63, 3.8) is 0 Å². The smallest absolute Gasteiger partial charge is 0.247 e. The van der Waals surface area contributed by atoms with Crippen molar-refractivity contribution < 1.29 is 9.59 Å². The summed E-state index contributed by atoms with van der Waals surface area (Å²) >= 11 is 1.61. The van der Waals surface area contributed by atoms with Gasteiger partial charge in [-0.15, -0.1) is 11.8 Å². The highest BCUT2D eigenvalue weighted by atomic mass is 32.2. The Bertz CT molecular complexity index is 790. The minimum Gasteiger partial charge on any atom is -0.331 e. The van der Waals surface area contributed by atoms with Gasteiger partial charge in [-0.1, -0.05) is 24.3 Å². The Labute approximate surface area is 171 Å². The van der Waals surface area contributed by atoms with Gasteiger partial charge in [-0.3, -0.25) is 9.59 Å². The molecule has 148 valence electrons. The van der Waals surface area contributed by atoms with Gasteiger partial charge in [-0.2, -0.15) is 5.26 Å². The largest absolute Gasteiger partial charge is 0.331 e. The van der Waals surface area contributed by atoms with Crippen LogP contribution in [0.2, 0.25) is 0 Å². The number of hydrogen-bond acceptors (Lipinski definition) is 4. The third-order valence-electron chi connectivity index (χ3n) is 6.39. The van der Waals surface area contributed by atoms with E-state index in [-0.39, 0.29) is 23.9 Å². The average molecular weight is 398 g/mol. The number of aryl methyl sites for hydroxylation is 1. The molecule has 0 aromatic heterocycles. The van der Waals surface area contributed by atoms with E-state index in [2.05, 4.69) is 30.3 Å². The van der Waals surface area contributed by atoms with Gasteiger partial charge in [0.2, 0.25) is 11.8 Å². The fourth-order valence-corrected chi connectivity index (χ4v) is 5.86. The van der Waals surface area contributed by atoms with E-state index in [4.69, 9.17) is 0 Å². The van der Waals surface area contributed by atoms with E-state index in [1.54, 1.807) is 21.6 Å². The third kappa shape index (κ3) is 3.91. The first kappa shape index (κ1) is 19.3. The normalized spacial score (nSPS) is 26.8. The zero-order valence-electron chi connectivity index (χ0n) is 16.2. The lowest BCUT2D eigenvalue weighted by molar-refractivity contribution is -0.143. The molecule has 3 atom stereocenters. The van der Waals surface area contributed by atoms with Crippen LogP contribution in [0.5, 0.6) is 0 Å². The number of carbonyl (C=O) groups excluding carboxylic acids is 2. The number of likely N-dealkylation sites (tertiary alicyclic amines) is 1. The maximum Gasteiger partial charge on any atom is 0.247 e. The number of thioether (sulfide) groups is 1. The zero-order valence-corrected chi connectivity index (χ0v) is 17.0. The molecule has 0 saturated carbocycles. The summed E-state index contributed by atoms with van der Waals surface area (Å²) < 4.78 is 0. The summed E-state index contributed by atoms with van der Waals surface area (Å²) in [5.74, 6) is 1.86. The van der Waals surface area contributed by atoms with Crippen molar-refractivity contribution in [2.24, 2.45) is 5.92 Å².